The fourth-order valence-electron chi connectivity index (χ4n) is 2.03. The van der Waals surface area contributed by atoms with Gasteiger partial charge in [-0.1, -0.05) is 11.3 Å². The van der Waals surface area contributed by atoms with Crippen LogP contribution < -0.4 is 16.0 Å². The molecule has 0 aliphatic carbocycles. The molecule has 2 heterocycles. The number of methoxy groups -OCH3 is 1. The number of thiazole rings is 1. The molecular formula is C13H22N4O3S. The van der Waals surface area contributed by atoms with E-state index in [1.54, 1.807) is 7.11 Å². The summed E-state index contributed by atoms with van der Waals surface area (Å²) in [5.41, 5.74) is 5.88. The van der Waals surface area contributed by atoms with Crippen LogP contribution in [0.4, 0.5) is 10.9 Å². The Morgan fingerprint density at radius 3 is 2.95 bits per heavy atom. The molecule has 2 rings (SSSR count). The molecule has 3 N–H and O–H groups in total. The lowest BCUT2D eigenvalue weighted by Gasteiger charge is -2.25. The number of nitrogens with zero attached hydrogens (tertiary/aromatic N) is 2. The van der Waals surface area contributed by atoms with E-state index in [-0.39, 0.29) is 17.8 Å². The van der Waals surface area contributed by atoms with Gasteiger partial charge in [-0.15, -0.1) is 0 Å². The average Bonchev–Trinajstić information content (AvgIpc) is 2.88. The van der Waals surface area contributed by atoms with Crippen LogP contribution in [0.3, 0.4) is 0 Å². The maximum absolute atomic E-state index is 12.2. The molecule has 1 saturated heterocycles. The van der Waals surface area contributed by atoms with Gasteiger partial charge in [0.05, 0.1) is 13.2 Å². The Morgan fingerprint density at radius 2 is 2.29 bits per heavy atom. The lowest BCUT2D eigenvalue weighted by molar-refractivity contribution is 0.0934. The Bertz CT molecular complexity index is 474. The van der Waals surface area contributed by atoms with Crippen molar-refractivity contribution in [3.63, 3.8) is 0 Å². The molecule has 0 bridgehead atoms. The van der Waals surface area contributed by atoms with Crippen LogP contribution >= 0.6 is 11.3 Å². The number of morpholine rings is 1. The van der Waals surface area contributed by atoms with Crippen molar-refractivity contribution in [3.05, 3.63) is 4.88 Å². The van der Waals surface area contributed by atoms with Crippen molar-refractivity contribution in [3.8, 4) is 0 Å². The quantitative estimate of drug-likeness (QED) is 0.804. The Hall–Kier alpha value is -1.38. The monoisotopic (exact) mass is 314 g/mol. The zero-order valence-corrected chi connectivity index (χ0v) is 13.2. The van der Waals surface area contributed by atoms with Crippen molar-refractivity contribution in [2.45, 2.75) is 19.4 Å². The van der Waals surface area contributed by atoms with E-state index in [4.69, 9.17) is 15.2 Å². The normalized spacial score (nSPS) is 16.8. The molecule has 0 saturated carbocycles. The predicted octanol–water partition coefficient (Wildman–Crippen LogP) is 0.717. The summed E-state index contributed by atoms with van der Waals surface area (Å²) in [4.78, 5) is 19.1. The zero-order valence-electron chi connectivity index (χ0n) is 12.4. The standard InChI is InChI=1S/C13H22N4O3S/c1-9(3-6-19-2)15-12(18)10-11(14)16-13(21-10)17-4-7-20-8-5-17/h9H,3-8,14H2,1-2H3,(H,15,18). The molecule has 7 nitrogen and oxygen atoms in total. The molecule has 8 heteroatoms. The summed E-state index contributed by atoms with van der Waals surface area (Å²) in [5.74, 6) is 0.117. The van der Waals surface area contributed by atoms with Gasteiger partial charge in [0, 0.05) is 32.8 Å². The molecule has 1 fully saturated rings. The Labute approximate surface area is 128 Å². The number of nitrogens with two attached hydrogens (primary N) is 1. The molecular weight excluding hydrogens is 292 g/mol. The van der Waals surface area contributed by atoms with Gasteiger partial charge >= 0.3 is 0 Å². The number of hydrogen-bond donors (Lipinski definition) is 2. The van der Waals surface area contributed by atoms with E-state index < -0.39 is 0 Å². The fraction of sp³-hybridized carbons (Fsp3) is 0.692. The number of anilines is 2. The number of nitrogen functional groups attached to an aromatic ring is 1. The number of amides is 1. The zero-order chi connectivity index (χ0) is 15.2. The lowest BCUT2D eigenvalue weighted by atomic mass is 10.2. The first-order valence-electron chi connectivity index (χ1n) is 7.00. The SMILES string of the molecule is COCCC(C)NC(=O)c1sc(N2CCOCC2)nc1N. The van der Waals surface area contributed by atoms with Crippen molar-refractivity contribution in [1.29, 1.82) is 0 Å². The van der Waals surface area contributed by atoms with Crippen molar-refractivity contribution < 1.29 is 14.3 Å². The molecule has 1 aromatic rings. The molecule has 1 aliphatic rings. The van der Waals surface area contributed by atoms with Gasteiger partial charge in [0.1, 0.15) is 10.7 Å². The van der Waals surface area contributed by atoms with Crippen LogP contribution in [0.5, 0.6) is 0 Å². The number of carbonyl (C=O) groups excluding carboxylic acids is 1. The van der Waals surface area contributed by atoms with E-state index in [0.717, 1.165) is 24.6 Å². The van der Waals surface area contributed by atoms with Crippen LogP contribution in [-0.2, 0) is 9.47 Å². The highest BCUT2D eigenvalue weighted by Gasteiger charge is 2.21. The largest absolute Gasteiger partial charge is 0.385 e. The van der Waals surface area contributed by atoms with Crippen molar-refractivity contribution in [2.75, 3.05) is 50.7 Å². The van der Waals surface area contributed by atoms with Gasteiger partial charge in [-0.05, 0) is 13.3 Å². The van der Waals surface area contributed by atoms with Crippen LogP contribution in [0.1, 0.15) is 23.0 Å². The Kier molecular flexibility index (Phi) is 5.77. The Morgan fingerprint density at radius 1 is 1.57 bits per heavy atom. The minimum atomic E-state index is -0.173. The van der Waals surface area contributed by atoms with Crippen LogP contribution in [0, 0.1) is 0 Å². The first-order chi connectivity index (χ1) is 10.1. The third-order valence-electron chi connectivity index (χ3n) is 3.26. The highest BCUT2D eigenvalue weighted by atomic mass is 32.1. The van der Waals surface area contributed by atoms with Crippen molar-refractivity contribution >= 4 is 28.2 Å². The van der Waals surface area contributed by atoms with E-state index >= 15 is 0 Å². The number of aromatic nitrogens is 1. The predicted molar refractivity (Wildman–Crippen MR) is 83.0 cm³/mol. The second-order valence-electron chi connectivity index (χ2n) is 4.97. The number of rotatable bonds is 6. The van der Waals surface area contributed by atoms with Gasteiger partial charge in [0.25, 0.3) is 5.91 Å². The number of hydrogen-bond acceptors (Lipinski definition) is 7. The van der Waals surface area contributed by atoms with E-state index in [9.17, 15) is 4.79 Å². The van der Waals surface area contributed by atoms with Crippen LogP contribution in [0.15, 0.2) is 0 Å². The smallest absolute Gasteiger partial charge is 0.265 e. The fourth-order valence-corrected chi connectivity index (χ4v) is 2.97. The third kappa shape index (κ3) is 4.29. The van der Waals surface area contributed by atoms with E-state index in [1.165, 1.54) is 11.3 Å². The van der Waals surface area contributed by atoms with Gasteiger partial charge in [-0.3, -0.25) is 4.79 Å². The van der Waals surface area contributed by atoms with E-state index in [1.807, 2.05) is 6.92 Å². The first kappa shape index (κ1) is 16.0. The molecule has 0 aromatic carbocycles. The molecule has 118 valence electrons. The molecule has 1 aliphatic heterocycles. The summed E-state index contributed by atoms with van der Waals surface area (Å²) in [6, 6.07) is 0.0331. The number of ether oxygens (including phenoxy) is 2. The third-order valence-corrected chi connectivity index (χ3v) is 4.39. The summed E-state index contributed by atoms with van der Waals surface area (Å²) in [6.07, 6.45) is 0.761. The van der Waals surface area contributed by atoms with E-state index in [0.29, 0.717) is 24.7 Å². The molecule has 21 heavy (non-hydrogen) atoms. The second-order valence-corrected chi connectivity index (χ2v) is 5.94. The summed E-state index contributed by atoms with van der Waals surface area (Å²) in [6.45, 7) is 5.45. The van der Waals surface area contributed by atoms with Gasteiger partial charge in [0.15, 0.2) is 5.13 Å². The maximum Gasteiger partial charge on any atom is 0.265 e. The average molecular weight is 314 g/mol. The number of nitrogens with one attached hydrogen (secondary N) is 1. The van der Waals surface area contributed by atoms with Gasteiger partial charge in [-0.25, -0.2) is 4.98 Å². The van der Waals surface area contributed by atoms with E-state index in [2.05, 4.69) is 15.2 Å². The van der Waals surface area contributed by atoms with Gasteiger partial charge in [0.2, 0.25) is 0 Å². The Balaban J connectivity index is 1.99. The van der Waals surface area contributed by atoms with Crippen molar-refractivity contribution in [1.82, 2.24) is 10.3 Å². The molecule has 1 unspecified atom stereocenters. The molecule has 1 aromatic heterocycles. The van der Waals surface area contributed by atoms with Crippen LogP contribution in [0.25, 0.3) is 0 Å². The summed E-state index contributed by atoms with van der Waals surface area (Å²) in [5, 5.41) is 3.70. The summed E-state index contributed by atoms with van der Waals surface area (Å²) >= 11 is 1.33. The van der Waals surface area contributed by atoms with Gasteiger partial charge in [-0.2, -0.15) is 0 Å². The molecule has 0 spiro atoms. The first-order valence-corrected chi connectivity index (χ1v) is 7.82. The molecule has 1 atom stereocenters. The van der Waals surface area contributed by atoms with Crippen LogP contribution in [0.2, 0.25) is 0 Å². The second kappa shape index (κ2) is 7.58. The highest BCUT2D eigenvalue weighted by molar-refractivity contribution is 7.18. The molecule has 0 radical (unpaired) electrons. The van der Waals surface area contributed by atoms with Crippen LogP contribution in [-0.4, -0.2) is 57.0 Å². The lowest BCUT2D eigenvalue weighted by Crippen LogP contribution is -2.36. The summed E-state index contributed by atoms with van der Waals surface area (Å²) < 4.78 is 10.3. The summed E-state index contributed by atoms with van der Waals surface area (Å²) in [7, 11) is 1.64. The topological polar surface area (TPSA) is 89.7 Å². The maximum atomic E-state index is 12.2. The van der Waals surface area contributed by atoms with Gasteiger partial charge < -0.3 is 25.4 Å². The number of carbonyl (C=O) groups is 1. The van der Waals surface area contributed by atoms with Crippen molar-refractivity contribution in [2.24, 2.45) is 0 Å². The molecule has 1 amide bonds. The highest BCUT2D eigenvalue weighted by Crippen LogP contribution is 2.28. The minimum Gasteiger partial charge on any atom is -0.385 e. The minimum absolute atomic E-state index is 0.0331.